The van der Waals surface area contributed by atoms with Crippen molar-refractivity contribution in [3.8, 4) is 0 Å². The molecule has 2 N–H and O–H groups in total. The molecule has 1 fully saturated rings. The van der Waals surface area contributed by atoms with E-state index in [4.69, 9.17) is 14.6 Å². The predicted octanol–water partition coefficient (Wildman–Crippen LogP) is -0.619. The van der Waals surface area contributed by atoms with E-state index in [2.05, 4.69) is 5.32 Å². The minimum Gasteiger partial charge on any atom is -0.479 e. The Morgan fingerprint density at radius 1 is 1.60 bits per heavy atom. The van der Waals surface area contributed by atoms with Crippen molar-refractivity contribution in [2.45, 2.75) is 25.0 Å². The summed E-state index contributed by atoms with van der Waals surface area (Å²) in [6, 6.07) is 0. The standard InChI is InChI=1S/C9H15NO5/c1-6(14-2)7(11)10-9(8(12)13)3-4-15-5-9/h6H,3-5H2,1-2H3,(H,10,11)(H,12,13). The zero-order valence-corrected chi connectivity index (χ0v) is 8.78. The minimum absolute atomic E-state index is 0.00447. The molecule has 1 amide bonds. The van der Waals surface area contributed by atoms with Crippen LogP contribution in [0.2, 0.25) is 0 Å². The van der Waals surface area contributed by atoms with Gasteiger partial charge in [-0.15, -0.1) is 0 Å². The van der Waals surface area contributed by atoms with Gasteiger partial charge in [0.25, 0.3) is 0 Å². The van der Waals surface area contributed by atoms with Gasteiger partial charge in [0.2, 0.25) is 5.91 Å². The molecule has 2 atom stereocenters. The third kappa shape index (κ3) is 2.45. The van der Waals surface area contributed by atoms with Crippen molar-refractivity contribution in [1.82, 2.24) is 5.32 Å². The Labute approximate surface area is 87.5 Å². The summed E-state index contributed by atoms with van der Waals surface area (Å²) in [6.45, 7) is 1.90. The molecule has 0 aromatic rings. The smallest absolute Gasteiger partial charge is 0.331 e. The number of nitrogens with one attached hydrogen (secondary N) is 1. The predicted molar refractivity (Wildman–Crippen MR) is 50.4 cm³/mol. The second-order valence-electron chi connectivity index (χ2n) is 3.56. The Morgan fingerprint density at radius 2 is 2.27 bits per heavy atom. The number of carboxylic acid groups (broad SMARTS) is 1. The lowest BCUT2D eigenvalue weighted by Gasteiger charge is -2.25. The number of rotatable bonds is 4. The molecular weight excluding hydrogens is 202 g/mol. The van der Waals surface area contributed by atoms with Crippen LogP contribution in [0.25, 0.3) is 0 Å². The van der Waals surface area contributed by atoms with Gasteiger partial charge in [-0.25, -0.2) is 4.79 Å². The first-order valence-corrected chi connectivity index (χ1v) is 4.68. The van der Waals surface area contributed by atoms with Crippen LogP contribution in [0.4, 0.5) is 0 Å². The van der Waals surface area contributed by atoms with Crippen molar-refractivity contribution in [3.63, 3.8) is 0 Å². The van der Waals surface area contributed by atoms with Gasteiger partial charge in [0, 0.05) is 20.1 Å². The summed E-state index contributed by atoms with van der Waals surface area (Å²) < 4.78 is 9.80. The molecule has 1 heterocycles. The van der Waals surface area contributed by atoms with Crippen LogP contribution >= 0.6 is 0 Å². The monoisotopic (exact) mass is 217 g/mol. The fourth-order valence-electron chi connectivity index (χ4n) is 1.33. The minimum atomic E-state index is -1.29. The number of carbonyl (C=O) groups is 2. The van der Waals surface area contributed by atoms with Crippen molar-refractivity contribution in [2.24, 2.45) is 0 Å². The average Bonchev–Trinajstić information content (AvgIpc) is 2.66. The summed E-state index contributed by atoms with van der Waals surface area (Å²) in [6.07, 6.45) is -0.383. The van der Waals surface area contributed by atoms with Gasteiger partial charge in [0.1, 0.15) is 6.10 Å². The number of methoxy groups -OCH3 is 1. The summed E-state index contributed by atoms with van der Waals surface area (Å²) in [5, 5.41) is 11.5. The number of hydrogen-bond acceptors (Lipinski definition) is 4. The van der Waals surface area contributed by atoms with Gasteiger partial charge in [-0.1, -0.05) is 0 Å². The molecule has 0 spiro atoms. The third-order valence-electron chi connectivity index (χ3n) is 2.52. The third-order valence-corrected chi connectivity index (χ3v) is 2.52. The summed E-state index contributed by atoms with van der Waals surface area (Å²) in [7, 11) is 1.39. The highest BCUT2D eigenvalue weighted by atomic mass is 16.5. The molecule has 0 saturated carbocycles. The highest BCUT2D eigenvalue weighted by Gasteiger charge is 2.44. The van der Waals surface area contributed by atoms with Crippen LogP contribution in [0.5, 0.6) is 0 Å². The lowest BCUT2D eigenvalue weighted by atomic mass is 9.99. The summed E-state index contributed by atoms with van der Waals surface area (Å²) in [5.74, 6) is -1.51. The Kier molecular flexibility index (Phi) is 3.65. The molecule has 0 aromatic carbocycles. The van der Waals surface area contributed by atoms with Crippen molar-refractivity contribution in [2.75, 3.05) is 20.3 Å². The first-order valence-electron chi connectivity index (χ1n) is 4.68. The lowest BCUT2D eigenvalue weighted by molar-refractivity contribution is -0.149. The van der Waals surface area contributed by atoms with Gasteiger partial charge in [0.15, 0.2) is 5.54 Å². The summed E-state index contributed by atoms with van der Waals surface area (Å²) in [4.78, 5) is 22.5. The largest absolute Gasteiger partial charge is 0.479 e. The van der Waals surface area contributed by atoms with Gasteiger partial charge in [0.05, 0.1) is 6.61 Å². The van der Waals surface area contributed by atoms with Crippen LogP contribution in [0.3, 0.4) is 0 Å². The zero-order valence-electron chi connectivity index (χ0n) is 8.78. The van der Waals surface area contributed by atoms with E-state index < -0.39 is 23.5 Å². The summed E-state index contributed by atoms with van der Waals surface area (Å²) in [5.41, 5.74) is -1.29. The number of amides is 1. The van der Waals surface area contributed by atoms with Crippen molar-refractivity contribution in [3.05, 3.63) is 0 Å². The zero-order chi connectivity index (χ0) is 11.5. The van der Waals surface area contributed by atoms with E-state index in [-0.39, 0.29) is 13.0 Å². The Bertz CT molecular complexity index is 259. The van der Waals surface area contributed by atoms with Crippen molar-refractivity contribution in [1.29, 1.82) is 0 Å². The Balaban J connectivity index is 2.67. The van der Waals surface area contributed by atoms with Crippen LogP contribution in [0.15, 0.2) is 0 Å². The van der Waals surface area contributed by atoms with Crippen molar-refractivity contribution < 1.29 is 24.2 Å². The maximum absolute atomic E-state index is 11.5. The number of hydrogen-bond donors (Lipinski definition) is 2. The van der Waals surface area contributed by atoms with Gasteiger partial charge in [-0.05, 0) is 6.92 Å². The molecule has 0 aliphatic carbocycles. The van der Waals surface area contributed by atoms with Crippen LogP contribution in [0.1, 0.15) is 13.3 Å². The fourth-order valence-corrected chi connectivity index (χ4v) is 1.33. The van der Waals surface area contributed by atoms with E-state index in [0.717, 1.165) is 0 Å². The lowest BCUT2D eigenvalue weighted by Crippen LogP contribution is -2.57. The highest BCUT2D eigenvalue weighted by Crippen LogP contribution is 2.19. The van der Waals surface area contributed by atoms with E-state index in [9.17, 15) is 9.59 Å². The Morgan fingerprint density at radius 3 is 2.67 bits per heavy atom. The fraction of sp³-hybridized carbons (Fsp3) is 0.778. The normalized spacial score (nSPS) is 27.3. The molecule has 2 unspecified atom stereocenters. The first-order chi connectivity index (χ1) is 7.02. The molecular formula is C9H15NO5. The van der Waals surface area contributed by atoms with E-state index in [1.165, 1.54) is 7.11 Å². The van der Waals surface area contributed by atoms with Crippen LogP contribution in [-0.2, 0) is 19.1 Å². The van der Waals surface area contributed by atoms with Crippen LogP contribution in [0, 0.1) is 0 Å². The average molecular weight is 217 g/mol. The van der Waals surface area contributed by atoms with E-state index in [1.54, 1.807) is 6.92 Å². The maximum atomic E-state index is 11.5. The summed E-state index contributed by atoms with van der Waals surface area (Å²) >= 11 is 0. The second kappa shape index (κ2) is 4.59. The van der Waals surface area contributed by atoms with Crippen LogP contribution in [-0.4, -0.2) is 48.9 Å². The number of carboxylic acids is 1. The molecule has 0 radical (unpaired) electrons. The van der Waals surface area contributed by atoms with E-state index in [1.807, 2.05) is 0 Å². The maximum Gasteiger partial charge on any atom is 0.331 e. The molecule has 1 saturated heterocycles. The molecule has 6 heteroatoms. The Hall–Kier alpha value is -1.14. The molecule has 86 valence electrons. The SMILES string of the molecule is COC(C)C(=O)NC1(C(=O)O)CCOC1. The van der Waals surface area contributed by atoms with Gasteiger partial charge < -0.3 is 19.9 Å². The molecule has 1 aliphatic heterocycles. The van der Waals surface area contributed by atoms with Gasteiger partial charge >= 0.3 is 5.97 Å². The highest BCUT2D eigenvalue weighted by molar-refractivity contribution is 5.89. The second-order valence-corrected chi connectivity index (χ2v) is 3.56. The van der Waals surface area contributed by atoms with E-state index in [0.29, 0.717) is 6.61 Å². The molecule has 6 nitrogen and oxygen atoms in total. The quantitative estimate of drug-likeness (QED) is 0.655. The number of ether oxygens (including phenoxy) is 2. The molecule has 0 aromatic heterocycles. The van der Waals surface area contributed by atoms with Gasteiger partial charge in [-0.2, -0.15) is 0 Å². The topological polar surface area (TPSA) is 84.9 Å². The number of aliphatic carboxylic acids is 1. The van der Waals surface area contributed by atoms with Gasteiger partial charge in [-0.3, -0.25) is 4.79 Å². The number of carbonyl (C=O) groups excluding carboxylic acids is 1. The van der Waals surface area contributed by atoms with Crippen LogP contribution < -0.4 is 5.32 Å². The molecule has 15 heavy (non-hydrogen) atoms. The molecule has 1 rings (SSSR count). The first kappa shape index (κ1) is 11.9. The van der Waals surface area contributed by atoms with Crippen molar-refractivity contribution >= 4 is 11.9 Å². The van der Waals surface area contributed by atoms with E-state index >= 15 is 0 Å². The molecule has 0 bridgehead atoms. The molecule has 1 aliphatic rings.